The number of benzene rings is 2. The van der Waals surface area contributed by atoms with E-state index in [4.69, 9.17) is 23.2 Å². The number of non-ortho nitro benzene ring substituents is 1. The Kier molecular flexibility index (Phi) is 6.41. The van der Waals surface area contributed by atoms with Crippen LogP contribution in [0.5, 0.6) is 0 Å². The van der Waals surface area contributed by atoms with Crippen LogP contribution in [0.4, 0.5) is 5.69 Å². The molecule has 33 heavy (non-hydrogen) atoms. The van der Waals surface area contributed by atoms with Crippen molar-refractivity contribution in [1.82, 2.24) is 10.0 Å². The minimum absolute atomic E-state index is 0.0156. The lowest BCUT2D eigenvalue weighted by Gasteiger charge is -2.31. The molecule has 0 spiro atoms. The summed E-state index contributed by atoms with van der Waals surface area (Å²) in [5.41, 5.74) is 0.189. The van der Waals surface area contributed by atoms with Crippen molar-refractivity contribution in [1.29, 1.82) is 0 Å². The van der Waals surface area contributed by atoms with E-state index < -0.39 is 34.5 Å². The van der Waals surface area contributed by atoms with E-state index in [9.17, 15) is 24.5 Å². The van der Waals surface area contributed by atoms with Crippen LogP contribution >= 0.6 is 23.2 Å². The van der Waals surface area contributed by atoms with E-state index in [1.165, 1.54) is 24.3 Å². The summed E-state index contributed by atoms with van der Waals surface area (Å²) in [5, 5.41) is 13.8. The molecule has 2 aromatic rings. The molecule has 3 amide bonds. The zero-order chi connectivity index (χ0) is 23.9. The van der Waals surface area contributed by atoms with E-state index in [0.29, 0.717) is 29.3 Å². The lowest BCUT2D eigenvalue weighted by Crippen LogP contribution is -2.49. The lowest BCUT2D eigenvalue weighted by atomic mass is 9.76. The number of nitrogens with zero attached hydrogens (tertiary/aromatic N) is 3. The first-order valence-corrected chi connectivity index (χ1v) is 11.3. The quantitative estimate of drug-likeness (QED) is 0.338. The van der Waals surface area contributed by atoms with Gasteiger partial charge in [0.05, 0.1) is 23.3 Å². The summed E-state index contributed by atoms with van der Waals surface area (Å²) < 4.78 is 0. The van der Waals surface area contributed by atoms with Crippen LogP contribution in [-0.4, -0.2) is 32.7 Å². The number of fused-ring (bicyclic) bond motifs is 1. The van der Waals surface area contributed by atoms with Crippen molar-refractivity contribution < 1.29 is 19.3 Å². The van der Waals surface area contributed by atoms with Gasteiger partial charge in [0.15, 0.2) is 0 Å². The monoisotopic (exact) mass is 489 g/mol. The molecule has 2 aromatic carbocycles. The van der Waals surface area contributed by atoms with Crippen LogP contribution in [-0.2, 0) is 16.1 Å². The van der Waals surface area contributed by atoms with Crippen LogP contribution in [0, 0.1) is 27.9 Å². The molecule has 4 rings (SSSR count). The molecule has 0 N–H and O–H groups in total. The Morgan fingerprint density at radius 1 is 1.12 bits per heavy atom. The Morgan fingerprint density at radius 2 is 1.85 bits per heavy atom. The summed E-state index contributed by atoms with van der Waals surface area (Å²) in [4.78, 5) is 50.7. The number of nitro benzene ring substituents is 1. The smallest absolute Gasteiger partial charge is 0.272 e. The third-order valence-electron chi connectivity index (χ3n) is 6.28. The number of rotatable bonds is 5. The van der Waals surface area contributed by atoms with Crippen molar-refractivity contribution in [3.8, 4) is 0 Å². The second-order valence-corrected chi connectivity index (χ2v) is 9.37. The Bertz CT molecular complexity index is 1150. The number of nitro groups is 1. The Labute approximate surface area is 200 Å². The van der Waals surface area contributed by atoms with Crippen LogP contribution in [0.15, 0.2) is 42.5 Å². The summed E-state index contributed by atoms with van der Waals surface area (Å²) in [6, 6.07) is 9.88. The van der Waals surface area contributed by atoms with Crippen molar-refractivity contribution in [2.24, 2.45) is 17.8 Å². The Morgan fingerprint density at radius 3 is 2.55 bits per heavy atom. The fourth-order valence-electron chi connectivity index (χ4n) is 4.56. The van der Waals surface area contributed by atoms with Gasteiger partial charge in [0.25, 0.3) is 23.4 Å². The third-order valence-corrected chi connectivity index (χ3v) is 6.87. The lowest BCUT2D eigenvalue weighted by molar-refractivity contribution is -0.384. The predicted octanol–water partition coefficient (Wildman–Crippen LogP) is 4.88. The highest BCUT2D eigenvalue weighted by molar-refractivity contribution is 6.35. The van der Waals surface area contributed by atoms with Gasteiger partial charge in [-0.15, -0.1) is 0 Å². The van der Waals surface area contributed by atoms with Gasteiger partial charge < -0.3 is 0 Å². The minimum Gasteiger partial charge on any atom is -0.272 e. The van der Waals surface area contributed by atoms with Crippen molar-refractivity contribution >= 4 is 46.6 Å². The first-order chi connectivity index (χ1) is 15.7. The number of hydrogen-bond donors (Lipinski definition) is 0. The highest BCUT2D eigenvalue weighted by atomic mass is 35.5. The second kappa shape index (κ2) is 9.11. The van der Waals surface area contributed by atoms with E-state index in [-0.39, 0.29) is 22.8 Å². The van der Waals surface area contributed by atoms with Crippen LogP contribution in [0.25, 0.3) is 0 Å². The fourth-order valence-corrected chi connectivity index (χ4v) is 5.02. The van der Waals surface area contributed by atoms with Gasteiger partial charge in [-0.1, -0.05) is 42.3 Å². The maximum absolute atomic E-state index is 13.5. The molecule has 1 saturated carbocycles. The molecule has 8 nitrogen and oxygen atoms in total. The number of hydrogen-bond acceptors (Lipinski definition) is 5. The van der Waals surface area contributed by atoms with Gasteiger partial charge >= 0.3 is 0 Å². The van der Waals surface area contributed by atoms with E-state index in [1.807, 2.05) is 6.92 Å². The largest absolute Gasteiger partial charge is 0.273 e. The number of hydrazine groups is 1. The van der Waals surface area contributed by atoms with Gasteiger partial charge in [0.1, 0.15) is 0 Å². The highest BCUT2D eigenvalue weighted by Crippen LogP contribution is 2.41. The van der Waals surface area contributed by atoms with Crippen LogP contribution in [0.2, 0.25) is 10.0 Å². The molecule has 0 bridgehead atoms. The van der Waals surface area contributed by atoms with Crippen molar-refractivity contribution in [2.75, 3.05) is 0 Å². The van der Waals surface area contributed by atoms with Crippen molar-refractivity contribution in [3.63, 3.8) is 0 Å². The SMILES string of the molecule is C[C@@H]1CC[C@@H]2C(=O)N(N(Cc3ccc(Cl)cc3Cl)C(=O)c3cccc([N+](=O)[O-])c3)C(=O)[C@H]2C1. The maximum atomic E-state index is 13.5. The first kappa shape index (κ1) is 23.2. The van der Waals surface area contributed by atoms with Gasteiger partial charge in [-0.3, -0.25) is 24.5 Å². The van der Waals surface area contributed by atoms with Gasteiger partial charge in [-0.25, -0.2) is 5.01 Å². The molecule has 3 atom stereocenters. The summed E-state index contributed by atoms with van der Waals surface area (Å²) >= 11 is 12.3. The highest BCUT2D eigenvalue weighted by Gasteiger charge is 2.52. The van der Waals surface area contributed by atoms with Gasteiger partial charge in [-0.2, -0.15) is 5.01 Å². The van der Waals surface area contributed by atoms with Crippen molar-refractivity contribution in [2.45, 2.75) is 32.7 Å². The molecule has 1 saturated heterocycles. The number of carbonyl (C=O) groups is 3. The number of imide groups is 1. The third kappa shape index (κ3) is 4.45. The summed E-state index contributed by atoms with van der Waals surface area (Å²) in [5.74, 6) is -2.23. The molecule has 1 heterocycles. The molecular formula is C23H21Cl2N3O5. The number of halogens is 2. The second-order valence-electron chi connectivity index (χ2n) is 8.53. The topological polar surface area (TPSA) is 101 Å². The Hall–Kier alpha value is -2.97. The molecule has 1 aliphatic carbocycles. The summed E-state index contributed by atoms with van der Waals surface area (Å²) in [6.07, 6.45) is 1.98. The average Bonchev–Trinajstić information content (AvgIpc) is 3.02. The fraction of sp³-hybridized carbons (Fsp3) is 0.348. The molecule has 0 unspecified atom stereocenters. The molecule has 10 heteroatoms. The van der Waals surface area contributed by atoms with Crippen molar-refractivity contribution in [3.05, 3.63) is 73.8 Å². The minimum atomic E-state index is -0.710. The molecular weight excluding hydrogens is 469 g/mol. The molecule has 172 valence electrons. The molecule has 0 aromatic heterocycles. The average molecular weight is 490 g/mol. The van der Waals surface area contributed by atoms with E-state index in [2.05, 4.69) is 0 Å². The normalized spacial score (nSPS) is 22.3. The molecule has 2 aliphatic rings. The van der Waals surface area contributed by atoms with Gasteiger partial charge in [0.2, 0.25) is 0 Å². The van der Waals surface area contributed by atoms with E-state index in [1.54, 1.807) is 12.1 Å². The predicted molar refractivity (Wildman–Crippen MR) is 121 cm³/mol. The zero-order valence-electron chi connectivity index (χ0n) is 17.7. The van der Waals surface area contributed by atoms with Gasteiger partial charge in [0, 0.05) is 27.7 Å². The zero-order valence-corrected chi connectivity index (χ0v) is 19.3. The summed E-state index contributed by atoms with van der Waals surface area (Å²) in [7, 11) is 0. The standard InChI is InChI=1S/C23H21Cl2N3O5/c1-13-5-8-18-19(9-13)23(31)27(22(18)30)26(12-15-6-7-16(24)11-20(15)25)21(29)14-3-2-4-17(10-14)28(32)33/h2-4,6-7,10-11,13,18-19H,5,8-9,12H2,1H3/t13-,18+,19+/m1/s1. The molecule has 1 aliphatic heterocycles. The van der Waals surface area contributed by atoms with Gasteiger partial charge in [-0.05, 0) is 48.9 Å². The summed E-state index contributed by atoms with van der Waals surface area (Å²) in [6.45, 7) is 1.86. The van der Waals surface area contributed by atoms with Crippen LogP contribution in [0.1, 0.15) is 42.1 Å². The number of amides is 3. The maximum Gasteiger partial charge on any atom is 0.273 e. The number of carbonyl (C=O) groups excluding carboxylic acids is 3. The molecule has 2 fully saturated rings. The first-order valence-electron chi connectivity index (χ1n) is 10.6. The van der Waals surface area contributed by atoms with E-state index >= 15 is 0 Å². The van der Waals surface area contributed by atoms with E-state index in [0.717, 1.165) is 22.5 Å². The van der Waals surface area contributed by atoms with Crippen LogP contribution in [0.3, 0.4) is 0 Å². The molecule has 0 radical (unpaired) electrons. The Balaban J connectivity index is 1.75. The van der Waals surface area contributed by atoms with Crippen LogP contribution < -0.4 is 0 Å².